The van der Waals surface area contributed by atoms with Crippen LogP contribution in [0.15, 0.2) is 75.7 Å². The van der Waals surface area contributed by atoms with Crippen LogP contribution < -0.4 is 82.4 Å². The normalized spacial score (nSPS) is 13.4. The molecular weight excluding hydrogens is 1050 g/mol. The molecule has 440 valence electrons. The first-order valence-electron chi connectivity index (χ1n) is 26.4. The Morgan fingerprint density at radius 1 is 0.525 bits per heavy atom. The summed E-state index contributed by atoms with van der Waals surface area (Å²) in [6, 6.07) is 9.18. The van der Waals surface area contributed by atoms with Gasteiger partial charge in [-0.2, -0.15) is 0 Å². The third-order valence-corrected chi connectivity index (χ3v) is 12.1. The number of carbonyl (C=O) groups is 9. The summed E-state index contributed by atoms with van der Waals surface area (Å²) in [5.41, 5.74) is 36.9. The maximum Gasteiger partial charge on any atom is 0.243 e. The second-order valence-corrected chi connectivity index (χ2v) is 19.8. The summed E-state index contributed by atoms with van der Waals surface area (Å²) in [4.78, 5) is 130. The van der Waals surface area contributed by atoms with Gasteiger partial charge in [0.25, 0.3) is 0 Å². The molecule has 0 heterocycles. The Morgan fingerprint density at radius 3 is 1.50 bits per heavy atom. The van der Waals surface area contributed by atoms with Crippen LogP contribution in [0.25, 0.3) is 0 Å². The number of benzene rings is 2. The first-order chi connectivity index (χ1) is 38.0. The molecule has 2 rings (SSSR count). The van der Waals surface area contributed by atoms with Crippen molar-refractivity contribution in [1.29, 1.82) is 0 Å². The largest absolute Gasteiger partial charge is 0.370 e. The topological polar surface area (TPSA) is 455 Å². The Balaban J connectivity index is 2.35. The molecule has 0 bridgehead atoms. The molecule has 0 aromatic heterocycles. The number of unbranched alkanes of at least 4 members (excludes halogenated alkanes) is 1. The van der Waals surface area contributed by atoms with Crippen molar-refractivity contribution >= 4 is 82.5 Å². The highest BCUT2D eigenvalue weighted by atomic mass is 32.1. The first kappa shape index (κ1) is 67.9. The summed E-state index contributed by atoms with van der Waals surface area (Å²) in [6.45, 7) is 6.74. The van der Waals surface area contributed by atoms with Crippen LogP contribution in [-0.2, 0) is 56.0 Å². The van der Waals surface area contributed by atoms with Gasteiger partial charge >= 0.3 is 0 Å². The average molecular weight is 1140 g/mol. The Bertz CT molecular complexity index is 2440. The van der Waals surface area contributed by atoms with Crippen LogP contribution >= 0.6 is 12.2 Å². The van der Waals surface area contributed by atoms with E-state index in [4.69, 9.17) is 34.4 Å². The second-order valence-electron chi connectivity index (χ2n) is 19.6. The molecular formula is C52H82N18O9S. The predicted molar refractivity (Wildman–Crippen MR) is 306 cm³/mol. The summed E-state index contributed by atoms with van der Waals surface area (Å²) >= 11 is 4.59. The number of amides is 9. The second kappa shape index (κ2) is 37.6. The summed E-state index contributed by atoms with van der Waals surface area (Å²) in [5, 5.41) is 27.0. The summed E-state index contributed by atoms with van der Waals surface area (Å²) < 4.78 is 0. The SMILES string of the molecule is CC(C)C[C@H](NC(=O)[C@H](CCCCNN=C=S)NC(=O)CNC(=O)[C@@H](N)CCCN=C(N)N)C(=O)N[C@H](C(=O)N[C@@H](Cc1ccccc1)C(=O)N[C@@H](Cc1ccccc1)C(=O)NCC(=O)N[C@@H](CCCN=C(N)N)C(N)=O)C(C)C. The van der Waals surface area contributed by atoms with E-state index in [1.807, 2.05) is 13.8 Å². The van der Waals surface area contributed by atoms with E-state index in [0.29, 0.717) is 43.4 Å². The molecule has 0 aliphatic rings. The third kappa shape index (κ3) is 28.4. The number of hydrogen-bond acceptors (Lipinski definition) is 15. The van der Waals surface area contributed by atoms with E-state index in [2.05, 4.69) is 80.4 Å². The van der Waals surface area contributed by atoms with Crippen molar-refractivity contribution in [1.82, 2.24) is 48.0 Å². The van der Waals surface area contributed by atoms with E-state index >= 15 is 0 Å². The zero-order valence-electron chi connectivity index (χ0n) is 46.0. The molecule has 9 amide bonds. The molecule has 0 fully saturated rings. The van der Waals surface area contributed by atoms with Crippen LogP contribution in [0, 0.1) is 11.8 Å². The number of nitrogens with two attached hydrogens (primary N) is 6. The van der Waals surface area contributed by atoms with Gasteiger partial charge in [0.2, 0.25) is 53.2 Å². The number of carbonyl (C=O) groups excluding carboxylic acids is 9. The number of rotatable bonds is 38. The number of primary amides is 1. The number of hydrogen-bond donors (Lipinski definition) is 15. The molecule has 0 radical (unpaired) electrons. The highest BCUT2D eigenvalue weighted by Crippen LogP contribution is 2.13. The fraction of sp³-hybridized carbons (Fsp3) is 0.538. The van der Waals surface area contributed by atoms with Crippen molar-refractivity contribution in [2.75, 3.05) is 32.7 Å². The zero-order chi connectivity index (χ0) is 59.6. The van der Waals surface area contributed by atoms with Crippen LogP contribution in [0.1, 0.15) is 90.2 Å². The molecule has 0 spiro atoms. The van der Waals surface area contributed by atoms with E-state index in [9.17, 15) is 43.2 Å². The number of guanidine groups is 2. The number of nitrogens with zero attached hydrogens (tertiary/aromatic N) is 3. The van der Waals surface area contributed by atoms with Crippen LogP contribution in [-0.4, -0.2) is 145 Å². The maximum atomic E-state index is 14.5. The van der Waals surface area contributed by atoms with Gasteiger partial charge in [0.05, 0.1) is 24.3 Å². The van der Waals surface area contributed by atoms with Crippen molar-refractivity contribution in [2.45, 2.75) is 134 Å². The zero-order valence-corrected chi connectivity index (χ0v) is 46.8. The molecule has 0 aliphatic heterocycles. The van der Waals surface area contributed by atoms with Crippen LogP contribution in [0.3, 0.4) is 0 Å². The Hall–Kier alpha value is -8.23. The van der Waals surface area contributed by atoms with Gasteiger partial charge in [0, 0.05) is 32.5 Å². The molecule has 27 nitrogen and oxygen atoms in total. The van der Waals surface area contributed by atoms with Gasteiger partial charge in [0.1, 0.15) is 36.3 Å². The van der Waals surface area contributed by atoms with E-state index < -0.39 is 114 Å². The fourth-order valence-corrected chi connectivity index (χ4v) is 7.91. The molecule has 2 aromatic rings. The number of hydrazone groups is 1. The molecule has 0 saturated heterocycles. The van der Waals surface area contributed by atoms with Crippen molar-refractivity contribution in [3.63, 3.8) is 0 Å². The smallest absolute Gasteiger partial charge is 0.243 e. The van der Waals surface area contributed by atoms with Crippen molar-refractivity contribution in [3.05, 3.63) is 71.8 Å². The van der Waals surface area contributed by atoms with E-state index in [1.54, 1.807) is 74.5 Å². The Morgan fingerprint density at radius 2 is 0.988 bits per heavy atom. The van der Waals surface area contributed by atoms with Gasteiger partial charge in [-0.1, -0.05) is 88.4 Å². The molecule has 0 aliphatic carbocycles. The lowest BCUT2D eigenvalue weighted by Crippen LogP contribution is -2.61. The van der Waals surface area contributed by atoms with Crippen LogP contribution in [0.5, 0.6) is 0 Å². The minimum atomic E-state index is -1.32. The molecule has 0 unspecified atom stereocenters. The quantitative estimate of drug-likeness (QED) is 0.0105. The monoisotopic (exact) mass is 1130 g/mol. The summed E-state index contributed by atoms with van der Waals surface area (Å²) in [7, 11) is 0. The first-order valence-corrected chi connectivity index (χ1v) is 26.8. The highest BCUT2D eigenvalue weighted by molar-refractivity contribution is 7.78. The standard InChI is InChI=1S/C52H82N18O9S/c1-31(2)25-38(67-47(76)37(20-11-12-24-63-64-30-80)66-42(72)28-61-45(74)35(53)19-13-22-59-51(55)56)49(78)70-43(32(3)4)50(79)69-40(27-34-17-9-6-10-18-34)48(77)68-39(26-33-15-7-5-8-16-33)46(75)62-29-41(71)65-36(44(54)73)21-14-23-60-52(57)58/h5-10,15-18,31-32,35-40,43,63H,11-14,19-29,53H2,1-4H3,(H2,54,73)(H,61,74)(H,62,75)(H,65,71)(H,66,72)(H,67,76)(H,68,77)(H,69,79)(H,70,78)(H4,55,56,59)(H4,57,58,60)/t35-,36-,37-,38-,39-,40-,43-/m0/s1. The van der Waals surface area contributed by atoms with Crippen LogP contribution in [0.2, 0.25) is 0 Å². The lowest BCUT2D eigenvalue weighted by atomic mass is 9.98. The van der Waals surface area contributed by atoms with Gasteiger partial charge in [-0.05, 0) is 86.5 Å². The lowest BCUT2D eigenvalue weighted by molar-refractivity contribution is -0.136. The fourth-order valence-electron chi connectivity index (χ4n) is 7.84. The van der Waals surface area contributed by atoms with Crippen molar-refractivity contribution in [2.24, 2.45) is 61.3 Å². The van der Waals surface area contributed by atoms with E-state index in [-0.39, 0.29) is 69.5 Å². The van der Waals surface area contributed by atoms with Gasteiger partial charge in [-0.15, -0.1) is 5.10 Å². The molecule has 21 N–H and O–H groups in total. The third-order valence-electron chi connectivity index (χ3n) is 12.0. The van der Waals surface area contributed by atoms with Gasteiger partial charge in [-0.3, -0.25) is 53.1 Å². The minimum Gasteiger partial charge on any atom is -0.370 e. The molecule has 28 heteroatoms. The number of isothiocyanates is 1. The van der Waals surface area contributed by atoms with Gasteiger partial charge in [0.15, 0.2) is 11.9 Å². The lowest BCUT2D eigenvalue weighted by Gasteiger charge is -2.29. The maximum absolute atomic E-state index is 14.5. The summed E-state index contributed by atoms with van der Waals surface area (Å²) in [6.07, 6.45) is 2.11. The number of nitrogens with one attached hydrogen (secondary N) is 9. The molecule has 2 aromatic carbocycles. The number of thiocarbonyl (C=S) groups is 1. The number of aliphatic imine (C=N–C) groups is 2. The van der Waals surface area contributed by atoms with Gasteiger partial charge in [-0.25, -0.2) is 0 Å². The molecule has 7 atom stereocenters. The van der Waals surface area contributed by atoms with Crippen LogP contribution in [0.4, 0.5) is 0 Å². The van der Waals surface area contributed by atoms with Gasteiger partial charge < -0.3 is 82.4 Å². The Kier molecular flexibility index (Phi) is 31.9. The summed E-state index contributed by atoms with van der Waals surface area (Å²) in [5.74, 6) is -7.56. The van der Waals surface area contributed by atoms with E-state index in [1.165, 1.54) is 0 Å². The molecule has 0 saturated carbocycles. The van der Waals surface area contributed by atoms with Crippen molar-refractivity contribution in [3.8, 4) is 0 Å². The minimum absolute atomic E-state index is 0.0333. The predicted octanol–water partition coefficient (Wildman–Crippen LogP) is -2.99. The average Bonchev–Trinajstić information content (AvgIpc) is 3.40. The Labute approximate surface area is 472 Å². The highest BCUT2D eigenvalue weighted by Gasteiger charge is 2.35. The molecule has 80 heavy (non-hydrogen) atoms. The van der Waals surface area contributed by atoms with Crippen molar-refractivity contribution < 1.29 is 43.2 Å². The van der Waals surface area contributed by atoms with E-state index in [0.717, 1.165) is 0 Å².